The minimum atomic E-state index is 0.959. The first-order chi connectivity index (χ1) is 9.78. The minimum absolute atomic E-state index is 0.959. The van der Waals surface area contributed by atoms with Gasteiger partial charge in [-0.25, -0.2) is 0 Å². The monoisotopic (exact) mass is 273 g/mol. The molecule has 1 nitrogen and oxygen atoms in total. The molecule has 0 radical (unpaired) electrons. The first kappa shape index (κ1) is 20.7. The van der Waals surface area contributed by atoms with E-state index in [-0.39, 0.29) is 0 Å². The van der Waals surface area contributed by atoms with Crippen LogP contribution in [0.5, 0.6) is 0 Å². The summed E-state index contributed by atoms with van der Waals surface area (Å²) < 4.78 is 0. The van der Waals surface area contributed by atoms with Crippen LogP contribution >= 0.6 is 0 Å². The van der Waals surface area contributed by atoms with Crippen molar-refractivity contribution in [2.75, 3.05) is 7.05 Å². The van der Waals surface area contributed by atoms with E-state index in [9.17, 15) is 0 Å². The lowest BCUT2D eigenvalue weighted by molar-refractivity contribution is 0.818. The normalized spacial score (nSPS) is 10.2. The molecule has 0 bridgehead atoms. The highest BCUT2D eigenvalue weighted by atomic mass is 14.8. The predicted molar refractivity (Wildman–Crippen MR) is 93.9 cm³/mol. The summed E-state index contributed by atoms with van der Waals surface area (Å²) in [5, 5.41) is 3.08. The van der Waals surface area contributed by atoms with Crippen LogP contribution in [-0.4, -0.2) is 7.05 Å². The minimum Gasteiger partial charge on any atom is -0.316 e. The third kappa shape index (κ3) is 12.8. The van der Waals surface area contributed by atoms with E-state index in [4.69, 9.17) is 0 Å². The maximum absolute atomic E-state index is 3.62. The molecule has 0 saturated carbocycles. The maximum atomic E-state index is 3.62. The van der Waals surface area contributed by atoms with Crippen molar-refractivity contribution >= 4 is 0 Å². The average Bonchev–Trinajstić information content (AvgIpc) is 2.51. The molecule has 0 spiro atoms. The zero-order valence-corrected chi connectivity index (χ0v) is 13.8. The van der Waals surface area contributed by atoms with Crippen LogP contribution in [0.25, 0.3) is 0 Å². The molecule has 0 unspecified atom stereocenters. The fourth-order valence-electron chi connectivity index (χ4n) is 1.46. The van der Waals surface area contributed by atoms with Crippen molar-refractivity contribution in [1.82, 2.24) is 5.32 Å². The van der Waals surface area contributed by atoms with Gasteiger partial charge in [0.25, 0.3) is 0 Å². The van der Waals surface area contributed by atoms with Crippen LogP contribution in [0, 0.1) is 0 Å². The Morgan fingerprint density at radius 2 is 1.80 bits per heavy atom. The molecule has 0 saturated heterocycles. The van der Waals surface area contributed by atoms with E-state index < -0.39 is 0 Å². The SMILES string of the molecule is C=C/C=C(\C=C/C)CC.CC.CNCc1ccccc1. The summed E-state index contributed by atoms with van der Waals surface area (Å²) in [5.41, 5.74) is 2.66. The Morgan fingerprint density at radius 1 is 1.20 bits per heavy atom. The van der Waals surface area contributed by atoms with E-state index >= 15 is 0 Å². The van der Waals surface area contributed by atoms with E-state index in [1.807, 2.05) is 64.2 Å². The lowest BCUT2D eigenvalue weighted by atomic mass is 10.2. The quantitative estimate of drug-likeness (QED) is 0.697. The van der Waals surface area contributed by atoms with Gasteiger partial charge >= 0.3 is 0 Å². The smallest absolute Gasteiger partial charge is 0.0202 e. The molecule has 0 aliphatic heterocycles. The molecule has 1 rings (SSSR count). The number of allylic oxidation sites excluding steroid dienone is 5. The Bertz CT molecular complexity index is 361. The molecular weight excluding hydrogens is 242 g/mol. The number of nitrogens with one attached hydrogen (secondary N) is 1. The fraction of sp³-hybridized carbons (Fsp3) is 0.368. The van der Waals surface area contributed by atoms with Gasteiger partial charge in [0.1, 0.15) is 0 Å². The van der Waals surface area contributed by atoms with Crippen molar-refractivity contribution in [3.05, 3.63) is 72.4 Å². The molecule has 0 aromatic heterocycles. The Morgan fingerprint density at radius 3 is 2.20 bits per heavy atom. The van der Waals surface area contributed by atoms with Crippen molar-refractivity contribution in [1.29, 1.82) is 0 Å². The third-order valence-electron chi connectivity index (χ3n) is 2.34. The van der Waals surface area contributed by atoms with Gasteiger partial charge in [0.2, 0.25) is 0 Å². The van der Waals surface area contributed by atoms with E-state index in [2.05, 4.69) is 37.0 Å². The van der Waals surface area contributed by atoms with Crippen LogP contribution in [0.3, 0.4) is 0 Å². The molecule has 1 heteroatoms. The van der Waals surface area contributed by atoms with Crippen molar-refractivity contribution in [3.8, 4) is 0 Å². The second-order valence-electron chi connectivity index (χ2n) is 3.85. The lowest BCUT2D eigenvalue weighted by Gasteiger charge is -1.95. The number of rotatable bonds is 5. The molecule has 0 amide bonds. The predicted octanol–water partition coefficient (Wildman–Crippen LogP) is 5.52. The first-order valence-corrected chi connectivity index (χ1v) is 7.41. The summed E-state index contributed by atoms with van der Waals surface area (Å²) in [6.45, 7) is 12.7. The van der Waals surface area contributed by atoms with Crippen LogP contribution in [0.1, 0.15) is 39.7 Å². The molecule has 1 aromatic rings. The maximum Gasteiger partial charge on any atom is 0.0202 e. The largest absolute Gasteiger partial charge is 0.316 e. The second kappa shape index (κ2) is 17.4. The summed E-state index contributed by atoms with van der Waals surface area (Å²) in [5.74, 6) is 0. The molecule has 0 heterocycles. The fourth-order valence-corrected chi connectivity index (χ4v) is 1.46. The number of hydrogen-bond donors (Lipinski definition) is 1. The van der Waals surface area contributed by atoms with Gasteiger partial charge in [0.05, 0.1) is 0 Å². The molecular formula is C19H31N. The molecule has 1 N–H and O–H groups in total. The summed E-state index contributed by atoms with van der Waals surface area (Å²) >= 11 is 0. The van der Waals surface area contributed by atoms with E-state index in [1.54, 1.807) is 0 Å². The van der Waals surface area contributed by atoms with Gasteiger partial charge in [-0.15, -0.1) is 0 Å². The van der Waals surface area contributed by atoms with Crippen LogP contribution in [0.15, 0.2) is 66.8 Å². The Labute approximate surface area is 126 Å². The summed E-state index contributed by atoms with van der Waals surface area (Å²) in [6, 6.07) is 10.3. The van der Waals surface area contributed by atoms with Gasteiger partial charge in [-0.3, -0.25) is 0 Å². The van der Waals surface area contributed by atoms with Gasteiger partial charge in [-0.1, -0.05) is 82.0 Å². The van der Waals surface area contributed by atoms with Crippen LogP contribution in [0.4, 0.5) is 0 Å². The van der Waals surface area contributed by atoms with Crippen LogP contribution < -0.4 is 5.32 Å². The summed E-state index contributed by atoms with van der Waals surface area (Å²) in [7, 11) is 1.95. The molecule has 1 aromatic carbocycles. The van der Waals surface area contributed by atoms with Gasteiger partial charge in [0, 0.05) is 6.54 Å². The highest BCUT2D eigenvalue weighted by Crippen LogP contribution is 2.01. The Balaban J connectivity index is 0. The van der Waals surface area contributed by atoms with Crippen molar-refractivity contribution in [3.63, 3.8) is 0 Å². The first-order valence-electron chi connectivity index (χ1n) is 7.41. The molecule has 0 aliphatic rings. The Hall–Kier alpha value is -1.60. The topological polar surface area (TPSA) is 12.0 Å². The van der Waals surface area contributed by atoms with Crippen molar-refractivity contribution < 1.29 is 0 Å². The summed E-state index contributed by atoms with van der Waals surface area (Å²) in [4.78, 5) is 0. The van der Waals surface area contributed by atoms with E-state index in [0.717, 1.165) is 13.0 Å². The molecule has 20 heavy (non-hydrogen) atoms. The highest BCUT2D eigenvalue weighted by molar-refractivity contribution is 5.21. The van der Waals surface area contributed by atoms with Crippen molar-refractivity contribution in [2.24, 2.45) is 0 Å². The highest BCUT2D eigenvalue weighted by Gasteiger charge is 1.83. The number of hydrogen-bond acceptors (Lipinski definition) is 1. The number of benzene rings is 1. The average molecular weight is 273 g/mol. The van der Waals surface area contributed by atoms with E-state index in [0.29, 0.717) is 0 Å². The van der Waals surface area contributed by atoms with Crippen molar-refractivity contribution in [2.45, 2.75) is 40.7 Å². The van der Waals surface area contributed by atoms with Gasteiger partial charge in [-0.2, -0.15) is 0 Å². The molecule has 0 atom stereocenters. The summed E-state index contributed by atoms with van der Waals surface area (Å²) in [6.07, 6.45) is 9.07. The standard InChI is InChI=1S/C9H14.C8H11N.C2H6/c1-4-7-9(6-3)8-5-2;1-9-7-8-5-3-2-4-6-8;1-2/h4-5,7-8H,1,6H2,2-3H3;2-6,9H,7H2,1H3;1-2H3/b8-5-,9-7-;;. The second-order valence-corrected chi connectivity index (χ2v) is 3.85. The molecule has 0 aliphatic carbocycles. The van der Waals surface area contributed by atoms with E-state index in [1.165, 1.54) is 11.1 Å². The molecule has 0 fully saturated rings. The van der Waals surface area contributed by atoms with Gasteiger partial charge in [-0.05, 0) is 31.5 Å². The van der Waals surface area contributed by atoms with Gasteiger partial charge in [0.15, 0.2) is 0 Å². The third-order valence-corrected chi connectivity index (χ3v) is 2.34. The Kier molecular flexibility index (Phi) is 18.0. The molecule has 112 valence electrons. The zero-order valence-electron chi connectivity index (χ0n) is 13.8. The van der Waals surface area contributed by atoms with Crippen LogP contribution in [0.2, 0.25) is 0 Å². The van der Waals surface area contributed by atoms with Gasteiger partial charge < -0.3 is 5.32 Å². The van der Waals surface area contributed by atoms with Crippen LogP contribution in [-0.2, 0) is 6.54 Å². The zero-order chi connectivity index (χ0) is 15.6. The lowest BCUT2D eigenvalue weighted by Crippen LogP contribution is -2.04.